The van der Waals surface area contributed by atoms with E-state index >= 15 is 0 Å². The molecule has 158 valence electrons. The van der Waals surface area contributed by atoms with Crippen molar-refractivity contribution in [3.8, 4) is 0 Å². The van der Waals surface area contributed by atoms with Gasteiger partial charge in [0.1, 0.15) is 0 Å². The van der Waals surface area contributed by atoms with E-state index in [0.29, 0.717) is 24.1 Å². The number of aliphatic imine (C=N–C) groups is 1. The van der Waals surface area contributed by atoms with Crippen molar-refractivity contribution in [1.82, 2.24) is 14.9 Å². The molecule has 0 aliphatic heterocycles. The lowest BCUT2D eigenvalue weighted by atomic mass is 10.1. The van der Waals surface area contributed by atoms with Crippen LogP contribution in [0.3, 0.4) is 0 Å². The molecule has 2 N–H and O–H groups in total. The van der Waals surface area contributed by atoms with Crippen LogP contribution in [0.15, 0.2) is 53.5 Å². The predicted octanol–water partition coefficient (Wildman–Crippen LogP) is 3.38. The summed E-state index contributed by atoms with van der Waals surface area (Å²) in [4.78, 5) is 6.30. The molecule has 0 atom stereocenters. The SMILES string of the molecule is CN=C(NCc1ccccc1CS(=O)(=O)NC(C)C)N(C)Cc1ccccc1Cl. The van der Waals surface area contributed by atoms with Crippen molar-refractivity contribution >= 4 is 27.6 Å². The third-order valence-electron chi connectivity index (χ3n) is 4.25. The number of rotatable bonds is 8. The summed E-state index contributed by atoms with van der Waals surface area (Å²) >= 11 is 6.26. The van der Waals surface area contributed by atoms with Gasteiger partial charge in [-0.25, -0.2) is 13.1 Å². The quantitative estimate of drug-likeness (QED) is 0.491. The van der Waals surface area contributed by atoms with Crippen LogP contribution < -0.4 is 10.0 Å². The van der Waals surface area contributed by atoms with Crippen molar-refractivity contribution in [2.45, 2.75) is 38.7 Å². The van der Waals surface area contributed by atoms with Gasteiger partial charge in [-0.05, 0) is 36.6 Å². The van der Waals surface area contributed by atoms with E-state index in [4.69, 9.17) is 11.6 Å². The molecule has 0 unspecified atom stereocenters. The lowest BCUT2D eigenvalue weighted by Crippen LogP contribution is -2.38. The highest BCUT2D eigenvalue weighted by molar-refractivity contribution is 7.88. The minimum atomic E-state index is -3.40. The Morgan fingerprint density at radius 1 is 1.07 bits per heavy atom. The van der Waals surface area contributed by atoms with E-state index in [-0.39, 0.29) is 11.8 Å². The highest BCUT2D eigenvalue weighted by atomic mass is 35.5. The molecule has 0 heterocycles. The number of halogens is 1. The molecule has 0 saturated carbocycles. The molecule has 8 heteroatoms. The van der Waals surface area contributed by atoms with Gasteiger partial charge in [-0.2, -0.15) is 0 Å². The lowest BCUT2D eigenvalue weighted by Gasteiger charge is -2.23. The minimum Gasteiger partial charge on any atom is -0.352 e. The van der Waals surface area contributed by atoms with Crippen molar-refractivity contribution in [2.75, 3.05) is 14.1 Å². The number of guanidine groups is 1. The highest BCUT2D eigenvalue weighted by Crippen LogP contribution is 2.17. The van der Waals surface area contributed by atoms with Crippen molar-refractivity contribution in [1.29, 1.82) is 0 Å². The fourth-order valence-electron chi connectivity index (χ4n) is 2.99. The molecule has 2 rings (SSSR count). The highest BCUT2D eigenvalue weighted by Gasteiger charge is 2.16. The van der Waals surface area contributed by atoms with Crippen LogP contribution in [0.5, 0.6) is 0 Å². The normalized spacial score (nSPS) is 12.3. The Morgan fingerprint density at radius 3 is 2.24 bits per heavy atom. The maximum atomic E-state index is 12.3. The molecule has 6 nitrogen and oxygen atoms in total. The van der Waals surface area contributed by atoms with E-state index in [0.717, 1.165) is 16.7 Å². The second-order valence-electron chi connectivity index (χ2n) is 7.15. The van der Waals surface area contributed by atoms with Crippen molar-refractivity contribution < 1.29 is 8.42 Å². The first kappa shape index (κ1) is 23.2. The van der Waals surface area contributed by atoms with E-state index in [1.165, 1.54) is 0 Å². The van der Waals surface area contributed by atoms with E-state index in [1.807, 2.05) is 74.3 Å². The maximum Gasteiger partial charge on any atom is 0.216 e. The summed E-state index contributed by atoms with van der Waals surface area (Å²) in [6.45, 7) is 4.69. The van der Waals surface area contributed by atoms with E-state index in [1.54, 1.807) is 7.05 Å². The van der Waals surface area contributed by atoms with Crippen molar-refractivity contribution in [3.63, 3.8) is 0 Å². The second-order valence-corrected chi connectivity index (χ2v) is 9.31. The van der Waals surface area contributed by atoms with Crippen LogP contribution in [0.4, 0.5) is 0 Å². The summed E-state index contributed by atoms with van der Waals surface area (Å²) in [6, 6.07) is 15.1. The summed E-state index contributed by atoms with van der Waals surface area (Å²) in [7, 11) is 0.253. The van der Waals surface area contributed by atoms with Gasteiger partial charge < -0.3 is 10.2 Å². The zero-order chi connectivity index (χ0) is 21.4. The Balaban J connectivity index is 2.07. The topological polar surface area (TPSA) is 73.8 Å². The summed E-state index contributed by atoms with van der Waals surface area (Å²) in [5.41, 5.74) is 2.68. The van der Waals surface area contributed by atoms with Crippen LogP contribution in [0, 0.1) is 0 Å². The molecule has 0 fully saturated rings. The Kier molecular flexibility index (Phi) is 8.49. The van der Waals surface area contributed by atoms with Crippen LogP contribution in [0.2, 0.25) is 5.02 Å². The number of hydrogen-bond donors (Lipinski definition) is 2. The number of hydrogen-bond acceptors (Lipinski definition) is 3. The van der Waals surface area contributed by atoms with Crippen LogP contribution >= 0.6 is 11.6 Å². The first-order valence-electron chi connectivity index (χ1n) is 9.44. The van der Waals surface area contributed by atoms with Gasteiger partial charge in [-0.1, -0.05) is 54.1 Å². The molecular formula is C21H29ClN4O2S. The monoisotopic (exact) mass is 436 g/mol. The molecule has 0 saturated heterocycles. The Bertz CT molecular complexity index is 945. The van der Waals surface area contributed by atoms with Crippen LogP contribution in [-0.2, 0) is 28.9 Å². The van der Waals surface area contributed by atoms with Gasteiger partial charge in [0.05, 0.1) is 5.75 Å². The van der Waals surface area contributed by atoms with Crippen LogP contribution in [0.1, 0.15) is 30.5 Å². The largest absolute Gasteiger partial charge is 0.352 e. The minimum absolute atomic E-state index is 0.0584. The fourth-order valence-corrected chi connectivity index (χ4v) is 4.68. The first-order chi connectivity index (χ1) is 13.7. The van der Waals surface area contributed by atoms with Gasteiger partial charge in [0.15, 0.2) is 5.96 Å². The van der Waals surface area contributed by atoms with Crippen molar-refractivity contribution in [3.05, 3.63) is 70.2 Å². The van der Waals surface area contributed by atoms with E-state index < -0.39 is 10.0 Å². The third kappa shape index (κ3) is 7.34. The van der Waals surface area contributed by atoms with Gasteiger partial charge in [0.25, 0.3) is 0 Å². The molecular weight excluding hydrogens is 408 g/mol. The Morgan fingerprint density at radius 2 is 1.66 bits per heavy atom. The molecule has 29 heavy (non-hydrogen) atoms. The average Bonchev–Trinajstić information content (AvgIpc) is 2.64. The van der Waals surface area contributed by atoms with E-state index in [9.17, 15) is 8.42 Å². The summed E-state index contributed by atoms with van der Waals surface area (Å²) in [5, 5.41) is 4.02. The second kappa shape index (κ2) is 10.6. The van der Waals surface area contributed by atoms with E-state index in [2.05, 4.69) is 15.0 Å². The van der Waals surface area contributed by atoms with Gasteiger partial charge in [-0.15, -0.1) is 0 Å². The summed E-state index contributed by atoms with van der Waals surface area (Å²) < 4.78 is 27.3. The first-order valence-corrected chi connectivity index (χ1v) is 11.5. The molecule has 0 spiro atoms. The number of nitrogens with one attached hydrogen (secondary N) is 2. The molecule has 0 aliphatic rings. The molecule has 0 radical (unpaired) electrons. The zero-order valence-electron chi connectivity index (χ0n) is 17.3. The van der Waals surface area contributed by atoms with Gasteiger partial charge in [0.2, 0.25) is 10.0 Å². The Hall–Kier alpha value is -2.09. The van der Waals surface area contributed by atoms with Gasteiger partial charge >= 0.3 is 0 Å². The molecule has 2 aromatic rings. The van der Waals surface area contributed by atoms with Crippen LogP contribution in [0.25, 0.3) is 0 Å². The predicted molar refractivity (Wildman–Crippen MR) is 120 cm³/mol. The molecule has 0 amide bonds. The number of benzene rings is 2. The zero-order valence-corrected chi connectivity index (χ0v) is 18.9. The molecule has 0 aromatic heterocycles. The summed E-state index contributed by atoms with van der Waals surface area (Å²) in [6.07, 6.45) is 0. The molecule has 0 aliphatic carbocycles. The number of nitrogens with zero attached hydrogens (tertiary/aromatic N) is 2. The maximum absolute atomic E-state index is 12.3. The lowest BCUT2D eigenvalue weighted by molar-refractivity contribution is 0.476. The smallest absolute Gasteiger partial charge is 0.216 e. The standard InChI is InChI=1S/C21H29ClN4O2S/c1-16(2)25-29(27,28)15-19-11-6-5-9-17(19)13-24-21(23-3)26(4)14-18-10-7-8-12-20(18)22/h5-12,16,25H,13-15H2,1-4H3,(H,23,24). The Labute approximate surface area is 179 Å². The van der Waals surface area contributed by atoms with Crippen molar-refractivity contribution in [2.24, 2.45) is 4.99 Å². The van der Waals surface area contributed by atoms with Gasteiger partial charge in [0, 0.05) is 38.2 Å². The van der Waals surface area contributed by atoms with Crippen LogP contribution in [-0.4, -0.2) is 39.4 Å². The number of sulfonamides is 1. The average molecular weight is 437 g/mol. The molecule has 2 aromatic carbocycles. The fraction of sp³-hybridized carbons (Fsp3) is 0.381. The molecule has 0 bridgehead atoms. The third-order valence-corrected chi connectivity index (χ3v) is 6.15. The van der Waals surface area contributed by atoms with Gasteiger partial charge in [-0.3, -0.25) is 4.99 Å². The summed E-state index contributed by atoms with van der Waals surface area (Å²) in [5.74, 6) is 0.639.